The average molecular weight is 289 g/mol. The molecule has 4 nitrogen and oxygen atoms in total. The molecule has 0 aliphatic heterocycles. The second-order valence-electron chi connectivity index (χ2n) is 3.10. The average Bonchev–Trinajstić information content (AvgIpc) is 2.24. The van der Waals surface area contributed by atoms with Crippen LogP contribution >= 0.6 is 0 Å². The lowest BCUT2D eigenvalue weighted by Crippen LogP contribution is -2.20. The van der Waals surface area contributed by atoms with Crippen LogP contribution in [-0.2, 0) is 6.18 Å². The molecule has 0 unspecified atom stereocenters. The summed E-state index contributed by atoms with van der Waals surface area (Å²) in [7, 11) is 0.718. The van der Waals surface area contributed by atoms with Crippen LogP contribution in [0.2, 0.25) is 0 Å². The SMILES string of the molecule is COc1c(C(F)(F)F)cc(C=O)nc1OC(F)(F)F. The summed E-state index contributed by atoms with van der Waals surface area (Å²) < 4.78 is 81.4. The van der Waals surface area contributed by atoms with Crippen molar-refractivity contribution in [1.29, 1.82) is 0 Å². The van der Waals surface area contributed by atoms with E-state index < -0.39 is 35.4 Å². The van der Waals surface area contributed by atoms with Crippen LogP contribution in [0.1, 0.15) is 16.1 Å². The molecule has 1 heterocycles. The van der Waals surface area contributed by atoms with Crippen molar-refractivity contribution in [1.82, 2.24) is 4.98 Å². The highest BCUT2D eigenvalue weighted by atomic mass is 19.4. The van der Waals surface area contributed by atoms with E-state index in [1.54, 1.807) is 0 Å². The summed E-state index contributed by atoms with van der Waals surface area (Å²) in [5.41, 5.74) is -2.46. The Morgan fingerprint density at radius 1 is 1.21 bits per heavy atom. The van der Waals surface area contributed by atoms with Gasteiger partial charge in [-0.25, -0.2) is 4.98 Å². The number of methoxy groups -OCH3 is 1. The molecule has 0 aliphatic rings. The van der Waals surface area contributed by atoms with E-state index in [1.165, 1.54) is 0 Å². The van der Waals surface area contributed by atoms with Crippen LogP contribution in [0.15, 0.2) is 6.07 Å². The number of aromatic nitrogens is 1. The van der Waals surface area contributed by atoms with Gasteiger partial charge in [-0.3, -0.25) is 4.79 Å². The second kappa shape index (κ2) is 4.94. The number of alkyl halides is 6. The van der Waals surface area contributed by atoms with E-state index in [1.807, 2.05) is 0 Å². The molecule has 0 atom stereocenters. The third-order valence-electron chi connectivity index (χ3n) is 1.80. The molecule has 0 N–H and O–H groups in total. The number of nitrogens with zero attached hydrogens (tertiary/aromatic N) is 1. The Balaban J connectivity index is 3.48. The minimum atomic E-state index is -5.27. The Hall–Kier alpha value is -2.00. The maximum absolute atomic E-state index is 12.6. The topological polar surface area (TPSA) is 48.4 Å². The Morgan fingerprint density at radius 2 is 1.79 bits per heavy atom. The lowest BCUT2D eigenvalue weighted by Gasteiger charge is -2.16. The van der Waals surface area contributed by atoms with Gasteiger partial charge < -0.3 is 9.47 Å². The Labute approximate surface area is 101 Å². The number of halogens is 6. The van der Waals surface area contributed by atoms with Crippen molar-refractivity contribution >= 4 is 6.29 Å². The zero-order valence-corrected chi connectivity index (χ0v) is 9.09. The first-order chi connectivity index (χ1) is 8.58. The van der Waals surface area contributed by atoms with Gasteiger partial charge in [-0.15, -0.1) is 13.2 Å². The van der Waals surface area contributed by atoms with Crippen LogP contribution in [0.5, 0.6) is 11.6 Å². The minimum Gasteiger partial charge on any atom is -0.491 e. The van der Waals surface area contributed by atoms with Crippen LogP contribution in [0.4, 0.5) is 26.3 Å². The zero-order chi connectivity index (χ0) is 14.8. The van der Waals surface area contributed by atoms with Gasteiger partial charge in [0.05, 0.1) is 7.11 Å². The molecule has 1 aromatic rings. The van der Waals surface area contributed by atoms with Crippen molar-refractivity contribution in [3.8, 4) is 11.6 Å². The van der Waals surface area contributed by atoms with Gasteiger partial charge in [-0.2, -0.15) is 13.2 Å². The van der Waals surface area contributed by atoms with Crippen molar-refractivity contribution in [2.24, 2.45) is 0 Å². The summed E-state index contributed by atoms with van der Waals surface area (Å²) in [5.74, 6) is -2.73. The lowest BCUT2D eigenvalue weighted by molar-refractivity contribution is -0.276. The first-order valence-electron chi connectivity index (χ1n) is 4.45. The van der Waals surface area contributed by atoms with Crippen LogP contribution in [0.3, 0.4) is 0 Å². The molecule has 1 aromatic heterocycles. The molecule has 0 radical (unpaired) electrons. The summed E-state index contributed by atoms with van der Waals surface area (Å²) in [5, 5.41) is 0. The molecule has 19 heavy (non-hydrogen) atoms. The number of pyridine rings is 1. The first-order valence-corrected chi connectivity index (χ1v) is 4.45. The van der Waals surface area contributed by atoms with E-state index in [9.17, 15) is 31.1 Å². The van der Waals surface area contributed by atoms with Gasteiger partial charge in [0.1, 0.15) is 11.3 Å². The summed E-state index contributed by atoms with van der Waals surface area (Å²) in [6.07, 6.45) is -10.4. The van der Waals surface area contributed by atoms with Crippen molar-refractivity contribution < 1.29 is 40.6 Å². The molecule has 0 spiro atoms. The van der Waals surface area contributed by atoms with Crippen molar-refractivity contribution in [2.75, 3.05) is 7.11 Å². The van der Waals surface area contributed by atoms with Crippen molar-refractivity contribution in [3.05, 3.63) is 17.3 Å². The predicted octanol–water partition coefficient (Wildman–Crippen LogP) is 2.82. The van der Waals surface area contributed by atoms with Gasteiger partial charge in [0.25, 0.3) is 5.88 Å². The minimum absolute atomic E-state index is 0.141. The quantitative estimate of drug-likeness (QED) is 0.634. The molecule has 10 heteroatoms. The standard InChI is InChI=1S/C9H5F6NO3/c1-18-6-5(8(10,11)12)2-4(3-17)16-7(6)19-9(13,14)15/h2-3H,1H3. The summed E-state index contributed by atoms with van der Waals surface area (Å²) in [4.78, 5) is 13.4. The summed E-state index contributed by atoms with van der Waals surface area (Å²) in [6.45, 7) is 0. The van der Waals surface area contributed by atoms with Gasteiger partial charge in [0, 0.05) is 0 Å². The fourth-order valence-electron chi connectivity index (χ4n) is 1.18. The van der Waals surface area contributed by atoms with Crippen LogP contribution in [0.25, 0.3) is 0 Å². The van der Waals surface area contributed by atoms with E-state index >= 15 is 0 Å². The molecule has 0 amide bonds. The largest absolute Gasteiger partial charge is 0.574 e. The van der Waals surface area contributed by atoms with Crippen LogP contribution in [-0.4, -0.2) is 24.7 Å². The van der Waals surface area contributed by atoms with Crippen LogP contribution in [0, 0.1) is 0 Å². The highest BCUT2D eigenvalue weighted by Gasteiger charge is 2.40. The molecular weight excluding hydrogens is 284 g/mol. The normalized spacial score (nSPS) is 12.2. The second-order valence-corrected chi connectivity index (χ2v) is 3.10. The lowest BCUT2D eigenvalue weighted by atomic mass is 10.2. The molecular formula is C9H5F6NO3. The monoisotopic (exact) mass is 289 g/mol. The molecule has 0 aliphatic carbocycles. The molecule has 0 bridgehead atoms. The fourth-order valence-corrected chi connectivity index (χ4v) is 1.18. The first kappa shape index (κ1) is 15.1. The van der Waals surface area contributed by atoms with Gasteiger partial charge >= 0.3 is 12.5 Å². The predicted molar refractivity (Wildman–Crippen MR) is 47.9 cm³/mol. The molecule has 0 aromatic carbocycles. The molecule has 0 saturated carbocycles. The Bertz CT molecular complexity index is 482. The van der Waals surface area contributed by atoms with Gasteiger partial charge in [-0.05, 0) is 6.07 Å². The third-order valence-corrected chi connectivity index (χ3v) is 1.80. The number of aldehydes is 1. The zero-order valence-electron chi connectivity index (χ0n) is 9.09. The summed E-state index contributed by atoms with van der Waals surface area (Å²) in [6, 6.07) is 0.259. The van der Waals surface area contributed by atoms with Gasteiger partial charge in [0.2, 0.25) is 0 Å². The fraction of sp³-hybridized carbons (Fsp3) is 0.333. The van der Waals surface area contributed by atoms with Crippen molar-refractivity contribution in [2.45, 2.75) is 12.5 Å². The maximum Gasteiger partial charge on any atom is 0.574 e. The van der Waals surface area contributed by atoms with Gasteiger partial charge in [0.15, 0.2) is 12.0 Å². The summed E-state index contributed by atoms with van der Waals surface area (Å²) >= 11 is 0. The van der Waals surface area contributed by atoms with Gasteiger partial charge in [-0.1, -0.05) is 0 Å². The highest BCUT2D eigenvalue weighted by Crippen LogP contribution is 2.42. The van der Waals surface area contributed by atoms with E-state index in [0.29, 0.717) is 0 Å². The Kier molecular flexibility index (Phi) is 3.91. The number of hydrogen-bond donors (Lipinski definition) is 0. The van der Waals surface area contributed by atoms with Crippen molar-refractivity contribution in [3.63, 3.8) is 0 Å². The number of carbonyl (C=O) groups is 1. The third kappa shape index (κ3) is 3.73. The molecule has 0 saturated heterocycles. The Morgan fingerprint density at radius 3 is 2.16 bits per heavy atom. The smallest absolute Gasteiger partial charge is 0.491 e. The van der Waals surface area contributed by atoms with E-state index in [-0.39, 0.29) is 12.4 Å². The van der Waals surface area contributed by atoms with E-state index in [4.69, 9.17) is 0 Å². The van der Waals surface area contributed by atoms with E-state index in [2.05, 4.69) is 14.5 Å². The maximum atomic E-state index is 12.6. The van der Waals surface area contributed by atoms with Crippen LogP contribution < -0.4 is 9.47 Å². The highest BCUT2D eigenvalue weighted by molar-refractivity contribution is 5.73. The molecule has 106 valence electrons. The number of rotatable bonds is 3. The molecule has 1 rings (SSSR count). The molecule has 0 fully saturated rings. The number of carbonyl (C=O) groups excluding carboxylic acids is 1. The van der Waals surface area contributed by atoms with E-state index in [0.717, 1.165) is 7.11 Å². The number of hydrogen-bond acceptors (Lipinski definition) is 4. The number of ether oxygens (including phenoxy) is 2.